The van der Waals surface area contributed by atoms with E-state index in [-0.39, 0.29) is 91.4 Å². The lowest BCUT2D eigenvalue weighted by Gasteiger charge is -2.00. The van der Waals surface area contributed by atoms with Crippen LogP contribution >= 0.6 is 68.0 Å². The molecule has 18 aromatic rings. The average molecular weight is 1790 g/mol. The largest absolute Gasteiger partial charge is 0.497 e. The smallest absolute Gasteiger partial charge is 0.357 e. The molecule has 7 N–H and O–H groups in total. The maximum atomic E-state index is 13.3. The molecule has 1 amide bonds. The first-order chi connectivity index (χ1) is 60.5. The fraction of sp³-hybridized carbons (Fsp3) is 0.114. The molecule has 0 aliphatic rings. The van der Waals surface area contributed by atoms with Crippen LogP contribution in [0.4, 0.5) is 4.39 Å². The van der Waals surface area contributed by atoms with E-state index in [1.54, 1.807) is 61.0 Å². The number of hydrogen-bond acceptors (Lipinski definition) is 29. The number of nitriles is 1. The van der Waals surface area contributed by atoms with Gasteiger partial charge in [-0.1, -0.05) is 86.6 Å². The van der Waals surface area contributed by atoms with Gasteiger partial charge >= 0.3 is 23.9 Å². The number of ketones is 6. The number of aromatic nitrogens is 12. The van der Waals surface area contributed by atoms with Crippen molar-refractivity contribution in [3.63, 3.8) is 0 Å². The van der Waals surface area contributed by atoms with E-state index in [9.17, 15) is 57.1 Å². The number of rotatable bonds is 21. The van der Waals surface area contributed by atoms with E-state index in [4.69, 9.17) is 10.00 Å². The Morgan fingerprint density at radius 1 is 0.392 bits per heavy atom. The molecule has 12 aromatic heterocycles. The number of ether oxygens (including phenoxy) is 5. The van der Waals surface area contributed by atoms with Crippen molar-refractivity contribution in [2.45, 2.75) is 26.2 Å². The number of benzene rings is 6. The Morgan fingerprint density at radius 2 is 0.744 bits per heavy atom. The summed E-state index contributed by atoms with van der Waals surface area (Å²) in [5.41, 5.74) is 10.4. The third-order valence-electron chi connectivity index (χ3n) is 18.5. The van der Waals surface area contributed by atoms with E-state index < -0.39 is 29.6 Å². The summed E-state index contributed by atoms with van der Waals surface area (Å²) in [6.07, 6.45) is 9.98. The number of nitrogens with zero attached hydrogens (tertiary/aromatic N) is 7. The number of fused-ring (bicyclic) bond motifs is 6. The second kappa shape index (κ2) is 40.1. The van der Waals surface area contributed by atoms with Crippen LogP contribution in [0.5, 0.6) is 5.75 Å². The maximum absolute atomic E-state index is 13.3. The van der Waals surface area contributed by atoms with Gasteiger partial charge in [0.05, 0.1) is 86.7 Å². The van der Waals surface area contributed by atoms with E-state index in [1.165, 1.54) is 96.9 Å². The van der Waals surface area contributed by atoms with E-state index >= 15 is 0 Å². The Kier molecular flexibility index (Phi) is 28.1. The summed E-state index contributed by atoms with van der Waals surface area (Å²) in [5, 5.41) is 27.4. The molecule has 37 heteroatoms. The molecule has 0 saturated carbocycles. The van der Waals surface area contributed by atoms with Crippen molar-refractivity contribution in [1.82, 2.24) is 65.1 Å². The zero-order valence-corrected chi connectivity index (χ0v) is 71.5. The highest BCUT2D eigenvalue weighted by Gasteiger charge is 2.27. The van der Waals surface area contributed by atoms with Crippen molar-refractivity contribution in [3.8, 4) is 11.8 Å². The van der Waals surface area contributed by atoms with E-state index in [2.05, 4.69) is 97.9 Å². The highest BCUT2D eigenvalue weighted by Crippen LogP contribution is 2.32. The molecule has 18 rings (SSSR count). The standard InChI is InChI=1S/C16H13N3O4S.C15H12N2O4S.C15H12N2O3S.C15H14N2OS.C14H9FN2O3S.C13H7N3OS/c1-23-13(20)7-18-15(22)12-8-24-16(19-12)14(21)10-6-17-11-5-3-2-4-9(10)11;1-20-8-3-4-11-9(5-8)10(6-16-11)13(18)14-17-12(7-22-14)15(19)21-2;1-20-13(18)6-9-8-21-15(17-9)14(19)11-7-16-12-5-3-2-4-10(11)12;1-9(2)13-8-19-15(17-13)14(18)11-7-16-12-6-4-3-5-10(11)12;1-20-14(19)11-6-21-13(17-11)12(18)9-5-16-10-3-2-7(15)4-8(9)10;14-5-8-7-18-13(16-8)12(17)10-6-15-11-4-2-1-3-9(10)11/h2-6,8,17H,7H2,1H3,(H,18,22);3-7,16H,1-2H3;2-5,7-8,16H,6H2,1H3;3-9,16H,1-2H3;2-6,16H,1H3;1-4,6-7,15H. The number of nitrogens with one attached hydrogen (secondary N) is 7. The van der Waals surface area contributed by atoms with Crippen molar-refractivity contribution in [1.29, 1.82) is 5.26 Å². The lowest BCUT2D eigenvalue weighted by molar-refractivity contribution is -0.140. The van der Waals surface area contributed by atoms with Gasteiger partial charge in [0.1, 0.15) is 29.9 Å². The summed E-state index contributed by atoms with van der Waals surface area (Å²) >= 11 is 7.08. The van der Waals surface area contributed by atoms with Crippen molar-refractivity contribution < 1.29 is 80.8 Å². The van der Waals surface area contributed by atoms with Crippen molar-refractivity contribution >= 4 is 198 Å². The van der Waals surface area contributed by atoms with Gasteiger partial charge < -0.3 is 58.9 Å². The summed E-state index contributed by atoms with van der Waals surface area (Å²) < 4.78 is 36.7. The van der Waals surface area contributed by atoms with Crippen LogP contribution in [0.25, 0.3) is 65.4 Å². The van der Waals surface area contributed by atoms with Gasteiger partial charge in [0, 0.05) is 135 Å². The number of amides is 1. The van der Waals surface area contributed by atoms with E-state index in [1.807, 2.05) is 121 Å². The molecule has 125 heavy (non-hydrogen) atoms. The number of esters is 4. The predicted octanol–water partition coefficient (Wildman–Crippen LogP) is 16.5. The Balaban J connectivity index is 0.000000129. The highest BCUT2D eigenvalue weighted by molar-refractivity contribution is 7.13. The number of aromatic amines is 6. The van der Waals surface area contributed by atoms with Gasteiger partial charge in [0.2, 0.25) is 34.7 Å². The number of H-pyrrole nitrogens is 6. The summed E-state index contributed by atoms with van der Waals surface area (Å²) in [6.45, 7) is 3.91. The number of carbonyl (C=O) groups is 11. The highest BCUT2D eigenvalue weighted by atomic mass is 32.1. The van der Waals surface area contributed by atoms with Gasteiger partial charge in [0.25, 0.3) is 5.91 Å². The van der Waals surface area contributed by atoms with Crippen LogP contribution < -0.4 is 10.1 Å². The van der Waals surface area contributed by atoms with Crippen LogP contribution in [-0.4, -0.2) is 166 Å². The molecule has 0 fully saturated rings. The molecule has 0 radical (unpaired) electrons. The zero-order valence-electron chi connectivity index (χ0n) is 66.6. The van der Waals surface area contributed by atoms with E-state index in [0.717, 1.165) is 94.2 Å². The summed E-state index contributed by atoms with van der Waals surface area (Å²) in [6, 6.07) is 42.0. The molecule has 0 aliphatic heterocycles. The van der Waals surface area contributed by atoms with Gasteiger partial charge in [-0.25, -0.2) is 43.9 Å². The maximum Gasteiger partial charge on any atom is 0.357 e. The average Bonchev–Trinajstić information content (AvgIpc) is 1.57. The lowest BCUT2D eigenvalue weighted by Crippen LogP contribution is -2.30. The monoisotopic (exact) mass is 1790 g/mol. The predicted molar refractivity (Wildman–Crippen MR) is 471 cm³/mol. The molecule has 0 bridgehead atoms. The number of para-hydroxylation sites is 4. The summed E-state index contributed by atoms with van der Waals surface area (Å²) in [4.78, 5) is 175. The normalized spacial score (nSPS) is 10.7. The Hall–Kier alpha value is -15.1. The second-order valence-corrected chi connectivity index (χ2v) is 31.8. The Labute approximate surface area is 730 Å². The van der Waals surface area contributed by atoms with Crippen LogP contribution in [0.3, 0.4) is 0 Å². The molecule has 0 aliphatic carbocycles. The van der Waals surface area contributed by atoms with Crippen LogP contribution in [0.2, 0.25) is 0 Å². The van der Waals surface area contributed by atoms with E-state index in [0.29, 0.717) is 76.7 Å². The number of carbonyl (C=O) groups excluding carboxylic acids is 11. The molecule has 0 saturated heterocycles. The second-order valence-electron chi connectivity index (χ2n) is 26.6. The summed E-state index contributed by atoms with van der Waals surface area (Å²) in [7, 11) is 6.64. The number of halogens is 1. The van der Waals surface area contributed by atoms with Crippen LogP contribution in [0, 0.1) is 17.1 Å². The quantitative estimate of drug-likeness (QED) is 0.0199. The molecule has 628 valence electrons. The first-order valence-corrected chi connectivity index (χ1v) is 42.4. The minimum Gasteiger partial charge on any atom is -0.497 e. The minimum absolute atomic E-state index is 0.00523. The Bertz CT molecular complexity index is 7160. The molecule has 6 aromatic carbocycles. The van der Waals surface area contributed by atoms with Gasteiger partial charge in [-0.15, -0.1) is 68.0 Å². The van der Waals surface area contributed by atoms with Crippen LogP contribution in [0.15, 0.2) is 203 Å². The fourth-order valence-electron chi connectivity index (χ4n) is 12.2. The van der Waals surface area contributed by atoms with Crippen molar-refractivity contribution in [2.24, 2.45) is 0 Å². The third kappa shape index (κ3) is 20.3. The van der Waals surface area contributed by atoms with Crippen molar-refractivity contribution in [3.05, 3.63) is 306 Å². The first-order valence-electron chi connectivity index (χ1n) is 37.1. The lowest BCUT2D eigenvalue weighted by atomic mass is 10.1. The molecule has 0 unspecified atom stereocenters. The van der Waals surface area contributed by atoms with Gasteiger partial charge in [-0.2, -0.15) is 5.26 Å². The van der Waals surface area contributed by atoms with Crippen LogP contribution in [-0.2, 0) is 35.0 Å². The van der Waals surface area contributed by atoms with Gasteiger partial charge in [-0.3, -0.25) is 43.2 Å². The molecule has 0 spiro atoms. The SMILES string of the molecule is CC(C)c1csc(C(=O)c2c[nH]c3ccccc23)n1.COC(=O)CNC(=O)c1csc(C(=O)c2c[nH]c3ccccc23)n1.COC(=O)Cc1csc(C(=O)c2c[nH]c3ccccc23)n1.COC(=O)c1csc(C(=O)c2c[nH]c3ccc(F)cc23)n1.COC(=O)c1csc(C(=O)c2c[nH]c3ccc(OC)cc23)n1.N#Cc1csc(C(=O)c2c[nH]c3ccccc23)n1. The molecule has 12 heterocycles. The fourth-order valence-corrected chi connectivity index (χ4v) is 16.8. The minimum atomic E-state index is -0.602. The van der Waals surface area contributed by atoms with Gasteiger partial charge in [-0.05, 0) is 66.6 Å². The molecule has 0 atom stereocenters. The van der Waals surface area contributed by atoms with Crippen LogP contribution in [0.1, 0.15) is 161 Å². The first kappa shape index (κ1) is 87.7. The molecular weight excluding hydrogens is 1720 g/mol. The zero-order chi connectivity index (χ0) is 88.5. The Morgan fingerprint density at radius 3 is 1.14 bits per heavy atom. The van der Waals surface area contributed by atoms with Gasteiger partial charge in [0.15, 0.2) is 47.1 Å². The van der Waals surface area contributed by atoms with Crippen molar-refractivity contribution in [2.75, 3.05) is 42.1 Å². The summed E-state index contributed by atoms with van der Waals surface area (Å²) in [5.74, 6) is -3.22. The third-order valence-corrected chi connectivity index (χ3v) is 23.6. The number of methoxy groups -OCH3 is 5. The number of thiazole rings is 6. The molecular formula is C88H67FN14O16S6. The molecule has 30 nitrogen and oxygen atoms in total. The number of hydrogen-bond donors (Lipinski definition) is 7. The topological polar surface area (TPSA) is 442 Å².